The predicted molar refractivity (Wildman–Crippen MR) is 43.2 cm³/mol. The van der Waals surface area contributed by atoms with Crippen LogP contribution in [0.3, 0.4) is 0 Å². The van der Waals surface area contributed by atoms with E-state index < -0.39 is 0 Å². The van der Waals surface area contributed by atoms with Crippen molar-refractivity contribution in [3.05, 3.63) is 0 Å². The van der Waals surface area contributed by atoms with Gasteiger partial charge in [0.1, 0.15) is 6.29 Å². The number of aldehydes is 1. The highest BCUT2D eigenvalue weighted by Crippen LogP contribution is 1.93. The molecule has 0 heterocycles. The smallest absolute Gasteiger partial charge is 0.219 e. The summed E-state index contributed by atoms with van der Waals surface area (Å²) in [4.78, 5) is 22.5. The third-order valence-electron chi connectivity index (χ3n) is 1.58. The Balaban J connectivity index is 3.52. The number of hydrogen-bond donors (Lipinski definition) is 0. The minimum Gasteiger partial charge on any atom is -0.343 e. The topological polar surface area (TPSA) is 37.4 Å². The molecule has 0 unspecified atom stereocenters. The van der Waals surface area contributed by atoms with Gasteiger partial charge in [-0.15, -0.1) is 0 Å². The maximum absolute atomic E-state index is 10.8. The summed E-state index contributed by atoms with van der Waals surface area (Å²) in [5, 5.41) is 0. The van der Waals surface area contributed by atoms with Crippen molar-refractivity contribution < 1.29 is 9.59 Å². The van der Waals surface area contributed by atoms with E-state index in [0.717, 1.165) is 19.3 Å². The summed E-state index contributed by atoms with van der Waals surface area (Å²) < 4.78 is 0. The molecule has 0 fully saturated rings. The van der Waals surface area contributed by atoms with Gasteiger partial charge < -0.3 is 9.69 Å². The average molecular weight is 157 g/mol. The molecule has 0 bridgehead atoms. The van der Waals surface area contributed by atoms with Gasteiger partial charge in [-0.25, -0.2) is 0 Å². The second-order valence-electron chi connectivity index (χ2n) is 2.41. The molecule has 0 saturated carbocycles. The van der Waals surface area contributed by atoms with Crippen molar-refractivity contribution in [3.8, 4) is 0 Å². The second kappa shape index (κ2) is 5.89. The lowest BCUT2D eigenvalue weighted by atomic mass is 10.3. The van der Waals surface area contributed by atoms with Crippen LogP contribution >= 0.6 is 0 Å². The van der Waals surface area contributed by atoms with Crippen molar-refractivity contribution in [2.24, 2.45) is 0 Å². The van der Waals surface area contributed by atoms with Gasteiger partial charge >= 0.3 is 0 Å². The Morgan fingerprint density at radius 2 is 2.18 bits per heavy atom. The van der Waals surface area contributed by atoms with Crippen LogP contribution in [0, 0.1) is 0 Å². The zero-order valence-electron chi connectivity index (χ0n) is 7.17. The minimum absolute atomic E-state index is 0.0819. The first kappa shape index (κ1) is 10.1. The van der Waals surface area contributed by atoms with Gasteiger partial charge in [-0.3, -0.25) is 4.79 Å². The first-order valence-electron chi connectivity index (χ1n) is 3.91. The van der Waals surface area contributed by atoms with Crippen LogP contribution in [0.4, 0.5) is 0 Å². The van der Waals surface area contributed by atoms with E-state index in [0.29, 0.717) is 13.0 Å². The highest BCUT2D eigenvalue weighted by molar-refractivity contribution is 5.73. The van der Waals surface area contributed by atoms with Gasteiger partial charge in [0.2, 0.25) is 5.91 Å². The van der Waals surface area contributed by atoms with Gasteiger partial charge in [0.05, 0.1) is 0 Å². The molecule has 0 saturated heterocycles. The molecule has 0 N–H and O–H groups in total. The van der Waals surface area contributed by atoms with E-state index >= 15 is 0 Å². The number of hydrogen-bond acceptors (Lipinski definition) is 2. The van der Waals surface area contributed by atoms with Crippen molar-refractivity contribution >= 4 is 12.2 Å². The summed E-state index contributed by atoms with van der Waals surface area (Å²) in [5.41, 5.74) is 0. The molecule has 0 aliphatic rings. The van der Waals surface area contributed by atoms with Crippen LogP contribution in [-0.2, 0) is 9.59 Å². The van der Waals surface area contributed by atoms with Crippen molar-refractivity contribution in [3.63, 3.8) is 0 Å². The van der Waals surface area contributed by atoms with Crippen LogP contribution in [-0.4, -0.2) is 30.2 Å². The van der Waals surface area contributed by atoms with E-state index in [1.54, 1.807) is 11.8 Å². The van der Waals surface area contributed by atoms with Crippen LogP contribution in [0.5, 0.6) is 0 Å². The molecule has 3 heteroatoms. The second-order valence-corrected chi connectivity index (χ2v) is 2.41. The van der Waals surface area contributed by atoms with Crippen LogP contribution in [0.15, 0.2) is 0 Å². The number of carbonyl (C=O) groups excluding carboxylic acids is 2. The standard InChI is InChI=1S/C8H15NO2/c1-3-9(8(2)11)6-4-5-7-10/h7H,3-6H2,1-2H3. The molecular formula is C8H15NO2. The minimum atomic E-state index is 0.0819. The summed E-state index contributed by atoms with van der Waals surface area (Å²) in [6, 6.07) is 0. The Morgan fingerprint density at radius 1 is 1.55 bits per heavy atom. The molecule has 0 spiro atoms. The summed E-state index contributed by atoms with van der Waals surface area (Å²) in [6.45, 7) is 4.91. The molecule has 0 aromatic carbocycles. The third kappa shape index (κ3) is 4.53. The van der Waals surface area contributed by atoms with Crippen LogP contribution in [0.1, 0.15) is 26.7 Å². The van der Waals surface area contributed by atoms with Gasteiger partial charge in [-0.05, 0) is 13.3 Å². The van der Waals surface area contributed by atoms with Gasteiger partial charge in [0, 0.05) is 26.4 Å². The zero-order chi connectivity index (χ0) is 8.69. The molecule has 0 atom stereocenters. The molecule has 0 aromatic heterocycles. The molecule has 11 heavy (non-hydrogen) atoms. The molecule has 0 radical (unpaired) electrons. The molecule has 0 aliphatic carbocycles. The molecule has 0 rings (SSSR count). The number of rotatable bonds is 5. The predicted octanol–water partition coefficient (Wildman–Crippen LogP) is 0.834. The van der Waals surface area contributed by atoms with E-state index in [4.69, 9.17) is 0 Å². The Kier molecular flexibility index (Phi) is 5.43. The maximum Gasteiger partial charge on any atom is 0.219 e. The number of nitrogens with zero attached hydrogens (tertiary/aromatic N) is 1. The monoisotopic (exact) mass is 157 g/mol. The summed E-state index contributed by atoms with van der Waals surface area (Å²) in [6.07, 6.45) is 2.20. The fraction of sp³-hybridized carbons (Fsp3) is 0.750. The van der Waals surface area contributed by atoms with Gasteiger partial charge in [-0.1, -0.05) is 0 Å². The van der Waals surface area contributed by atoms with Gasteiger partial charge in [0.15, 0.2) is 0 Å². The van der Waals surface area contributed by atoms with Crippen molar-refractivity contribution in [2.75, 3.05) is 13.1 Å². The lowest BCUT2D eigenvalue weighted by Crippen LogP contribution is -2.29. The van der Waals surface area contributed by atoms with E-state index in [2.05, 4.69) is 0 Å². The normalized spacial score (nSPS) is 9.27. The largest absolute Gasteiger partial charge is 0.343 e. The quantitative estimate of drug-likeness (QED) is 0.438. The Labute approximate surface area is 67.4 Å². The molecule has 0 aliphatic heterocycles. The van der Waals surface area contributed by atoms with E-state index in [1.807, 2.05) is 6.92 Å². The fourth-order valence-electron chi connectivity index (χ4n) is 0.904. The van der Waals surface area contributed by atoms with Crippen molar-refractivity contribution in [2.45, 2.75) is 26.7 Å². The summed E-state index contributed by atoms with van der Waals surface area (Å²) in [5.74, 6) is 0.0819. The Bertz CT molecular complexity index is 134. The van der Waals surface area contributed by atoms with Crippen LogP contribution in [0.25, 0.3) is 0 Å². The average Bonchev–Trinajstić information content (AvgIpc) is 1.97. The van der Waals surface area contributed by atoms with Crippen LogP contribution in [0.2, 0.25) is 0 Å². The van der Waals surface area contributed by atoms with Gasteiger partial charge in [0.25, 0.3) is 0 Å². The SMILES string of the molecule is CCN(CCCC=O)C(C)=O. The first-order valence-corrected chi connectivity index (χ1v) is 3.91. The number of amides is 1. The lowest BCUT2D eigenvalue weighted by Gasteiger charge is -2.17. The van der Waals surface area contributed by atoms with E-state index in [1.165, 1.54) is 0 Å². The number of carbonyl (C=O) groups is 2. The maximum atomic E-state index is 10.8. The van der Waals surface area contributed by atoms with Crippen LogP contribution < -0.4 is 0 Å². The van der Waals surface area contributed by atoms with Gasteiger partial charge in [-0.2, -0.15) is 0 Å². The lowest BCUT2D eigenvalue weighted by molar-refractivity contribution is -0.128. The zero-order valence-corrected chi connectivity index (χ0v) is 7.17. The Morgan fingerprint density at radius 3 is 2.55 bits per heavy atom. The van der Waals surface area contributed by atoms with E-state index in [9.17, 15) is 9.59 Å². The molecule has 0 aromatic rings. The highest BCUT2D eigenvalue weighted by atomic mass is 16.2. The van der Waals surface area contributed by atoms with Crippen molar-refractivity contribution in [1.82, 2.24) is 4.90 Å². The third-order valence-corrected chi connectivity index (χ3v) is 1.58. The molecule has 3 nitrogen and oxygen atoms in total. The molecule has 64 valence electrons. The molecule has 1 amide bonds. The fourth-order valence-corrected chi connectivity index (χ4v) is 0.904. The number of unbranched alkanes of at least 4 members (excludes halogenated alkanes) is 1. The summed E-state index contributed by atoms with van der Waals surface area (Å²) in [7, 11) is 0. The Hall–Kier alpha value is -0.860. The molecular weight excluding hydrogens is 142 g/mol. The summed E-state index contributed by atoms with van der Waals surface area (Å²) >= 11 is 0. The van der Waals surface area contributed by atoms with E-state index in [-0.39, 0.29) is 5.91 Å². The first-order chi connectivity index (χ1) is 5.22. The van der Waals surface area contributed by atoms with Crippen molar-refractivity contribution in [1.29, 1.82) is 0 Å². The highest BCUT2D eigenvalue weighted by Gasteiger charge is 2.03.